The highest BCUT2D eigenvalue weighted by Gasteiger charge is 2.16. The first kappa shape index (κ1) is 19.1. The van der Waals surface area contributed by atoms with E-state index in [1.807, 2.05) is 16.1 Å². The molecule has 0 N–H and O–H groups in total. The molecule has 0 aliphatic heterocycles. The van der Waals surface area contributed by atoms with Crippen molar-refractivity contribution in [1.29, 1.82) is 0 Å². The molecule has 6 nitrogen and oxygen atoms in total. The Kier molecular flexibility index (Phi) is 6.00. The third-order valence-electron chi connectivity index (χ3n) is 5.58. The van der Waals surface area contributed by atoms with Crippen LogP contribution in [0.5, 0.6) is 0 Å². The highest BCUT2D eigenvalue weighted by Crippen LogP contribution is 2.26. The van der Waals surface area contributed by atoms with Crippen LogP contribution < -0.4 is 4.80 Å². The Bertz CT molecular complexity index is 930. The zero-order chi connectivity index (χ0) is 19.3. The molecule has 4 rings (SSSR count). The first-order valence-electron chi connectivity index (χ1n) is 10.3. The van der Waals surface area contributed by atoms with E-state index in [-0.39, 0.29) is 10.6 Å². The normalized spacial score (nSPS) is 19.0. The molecule has 2 aromatic rings. The molecule has 0 amide bonds. The minimum Gasteiger partial charge on any atom is -0.258 e. The summed E-state index contributed by atoms with van der Waals surface area (Å²) in [6.07, 6.45) is 11.8. The molecule has 0 saturated heterocycles. The first-order valence-corrected chi connectivity index (χ1v) is 11.1. The van der Waals surface area contributed by atoms with Gasteiger partial charge in [-0.25, -0.2) is 4.68 Å². The molecule has 2 saturated carbocycles. The van der Waals surface area contributed by atoms with Crippen molar-refractivity contribution in [2.24, 2.45) is 10.1 Å². The van der Waals surface area contributed by atoms with E-state index in [9.17, 15) is 10.1 Å². The van der Waals surface area contributed by atoms with Gasteiger partial charge >= 0.3 is 0 Å². The minimum absolute atomic E-state index is 0.103. The van der Waals surface area contributed by atoms with Gasteiger partial charge < -0.3 is 0 Å². The van der Waals surface area contributed by atoms with Gasteiger partial charge in [0.15, 0.2) is 0 Å². The van der Waals surface area contributed by atoms with Gasteiger partial charge in [-0.15, -0.1) is 11.3 Å². The molecule has 0 bridgehead atoms. The lowest BCUT2D eigenvalue weighted by Crippen LogP contribution is -2.20. The average molecular weight is 399 g/mol. The number of hydrogen-bond donors (Lipinski definition) is 0. The van der Waals surface area contributed by atoms with Gasteiger partial charge in [-0.2, -0.15) is 5.10 Å². The molecule has 0 atom stereocenters. The second-order valence-electron chi connectivity index (χ2n) is 7.67. The number of nitro benzene ring substituents is 1. The van der Waals surface area contributed by atoms with Crippen LogP contribution in [0.25, 0.3) is 11.3 Å². The predicted molar refractivity (Wildman–Crippen MR) is 113 cm³/mol. The van der Waals surface area contributed by atoms with E-state index in [1.165, 1.54) is 50.3 Å². The molecule has 28 heavy (non-hydrogen) atoms. The van der Waals surface area contributed by atoms with Gasteiger partial charge in [-0.3, -0.25) is 15.1 Å². The summed E-state index contributed by atoms with van der Waals surface area (Å²) < 4.78 is 1.94. The summed E-state index contributed by atoms with van der Waals surface area (Å²) in [5, 5.41) is 18.2. The maximum absolute atomic E-state index is 11.2. The standard InChI is InChI=1S/C21H26N4O2S/c26-25(27)19-13-7-8-16(14-19)20-15-28-21(22-17-9-3-1-4-10-17)24(20)23-18-11-5-2-6-12-18/h7-8,13-15,17H,1-6,9-12H2. The van der Waals surface area contributed by atoms with Crippen molar-refractivity contribution in [3.8, 4) is 11.3 Å². The molecular formula is C21H26N4O2S. The average Bonchev–Trinajstić information content (AvgIpc) is 3.12. The van der Waals surface area contributed by atoms with Gasteiger partial charge in [0.2, 0.25) is 4.80 Å². The Labute approximate surface area is 168 Å². The van der Waals surface area contributed by atoms with E-state index in [1.54, 1.807) is 23.5 Å². The molecule has 7 heteroatoms. The number of hydrogen-bond acceptors (Lipinski definition) is 5. The summed E-state index contributed by atoms with van der Waals surface area (Å²) in [6.45, 7) is 0. The van der Waals surface area contributed by atoms with Crippen LogP contribution in [0.4, 0.5) is 5.69 Å². The van der Waals surface area contributed by atoms with Gasteiger partial charge in [0.05, 0.1) is 16.7 Å². The van der Waals surface area contributed by atoms with Crippen LogP contribution in [0.3, 0.4) is 0 Å². The molecular weight excluding hydrogens is 372 g/mol. The highest BCUT2D eigenvalue weighted by molar-refractivity contribution is 7.07. The summed E-state index contributed by atoms with van der Waals surface area (Å²) in [6, 6.07) is 7.17. The number of non-ortho nitro benzene ring substituents is 1. The van der Waals surface area contributed by atoms with Crippen molar-refractivity contribution in [1.82, 2.24) is 4.68 Å². The van der Waals surface area contributed by atoms with Crippen LogP contribution in [0.2, 0.25) is 0 Å². The molecule has 0 unspecified atom stereocenters. The fourth-order valence-electron chi connectivity index (χ4n) is 4.03. The van der Waals surface area contributed by atoms with Crippen LogP contribution >= 0.6 is 11.3 Å². The number of thiazole rings is 1. The number of benzene rings is 1. The van der Waals surface area contributed by atoms with Gasteiger partial charge in [0.1, 0.15) is 0 Å². The molecule has 0 spiro atoms. The largest absolute Gasteiger partial charge is 0.270 e. The Morgan fingerprint density at radius 2 is 1.82 bits per heavy atom. The molecule has 2 fully saturated rings. The molecule has 2 aliphatic carbocycles. The number of nitrogens with zero attached hydrogens (tertiary/aromatic N) is 4. The predicted octanol–water partition coefficient (Wildman–Crippen LogP) is 5.53. The number of rotatable bonds is 4. The molecule has 1 heterocycles. The van der Waals surface area contributed by atoms with Gasteiger partial charge in [0.25, 0.3) is 5.69 Å². The zero-order valence-corrected chi connectivity index (χ0v) is 16.9. The van der Waals surface area contributed by atoms with E-state index < -0.39 is 0 Å². The second kappa shape index (κ2) is 8.82. The molecule has 0 radical (unpaired) electrons. The summed E-state index contributed by atoms with van der Waals surface area (Å²) in [5.74, 6) is 0. The monoisotopic (exact) mass is 398 g/mol. The van der Waals surface area contributed by atoms with Crippen molar-refractivity contribution in [2.45, 2.75) is 70.3 Å². The van der Waals surface area contributed by atoms with Crippen molar-refractivity contribution < 1.29 is 4.92 Å². The van der Waals surface area contributed by atoms with Crippen LogP contribution in [-0.2, 0) is 0 Å². The van der Waals surface area contributed by atoms with Gasteiger partial charge in [-0.05, 0) is 38.5 Å². The second-order valence-corrected chi connectivity index (χ2v) is 8.51. The summed E-state index contributed by atoms with van der Waals surface area (Å²) >= 11 is 1.59. The van der Waals surface area contributed by atoms with Crippen molar-refractivity contribution in [3.05, 3.63) is 44.6 Å². The van der Waals surface area contributed by atoms with Crippen molar-refractivity contribution in [3.63, 3.8) is 0 Å². The molecule has 1 aromatic carbocycles. The summed E-state index contributed by atoms with van der Waals surface area (Å²) in [5.41, 5.74) is 3.02. The van der Waals surface area contributed by atoms with Crippen molar-refractivity contribution in [2.75, 3.05) is 0 Å². The Morgan fingerprint density at radius 1 is 1.07 bits per heavy atom. The topological polar surface area (TPSA) is 72.8 Å². The molecule has 1 aromatic heterocycles. The summed E-state index contributed by atoms with van der Waals surface area (Å²) in [7, 11) is 0. The van der Waals surface area contributed by atoms with Crippen LogP contribution in [0, 0.1) is 10.1 Å². The Morgan fingerprint density at radius 3 is 2.57 bits per heavy atom. The minimum atomic E-state index is -0.347. The fourth-order valence-corrected chi connectivity index (χ4v) is 4.93. The van der Waals surface area contributed by atoms with E-state index in [0.717, 1.165) is 41.7 Å². The van der Waals surface area contributed by atoms with E-state index in [4.69, 9.17) is 10.1 Å². The Balaban J connectivity index is 1.78. The quantitative estimate of drug-likeness (QED) is 0.502. The lowest BCUT2D eigenvalue weighted by molar-refractivity contribution is -0.384. The molecule has 2 aliphatic rings. The lowest BCUT2D eigenvalue weighted by Gasteiger charge is -2.17. The SMILES string of the molecule is O=[N+]([O-])c1cccc(-c2csc(=NC3CCCCC3)n2N=C2CCCCC2)c1. The van der Waals surface area contributed by atoms with Crippen molar-refractivity contribution >= 4 is 22.7 Å². The highest BCUT2D eigenvalue weighted by atomic mass is 32.1. The van der Waals surface area contributed by atoms with Gasteiger partial charge in [0, 0.05) is 28.8 Å². The maximum Gasteiger partial charge on any atom is 0.270 e. The lowest BCUT2D eigenvalue weighted by atomic mass is 9.96. The smallest absolute Gasteiger partial charge is 0.258 e. The molecule has 148 valence electrons. The van der Waals surface area contributed by atoms with Crippen LogP contribution in [0.15, 0.2) is 39.7 Å². The Hall–Kier alpha value is -2.28. The maximum atomic E-state index is 11.2. The van der Waals surface area contributed by atoms with E-state index in [0.29, 0.717) is 6.04 Å². The third-order valence-corrected chi connectivity index (χ3v) is 6.41. The number of aromatic nitrogens is 1. The number of nitro groups is 1. The van der Waals surface area contributed by atoms with Crippen LogP contribution in [0.1, 0.15) is 64.2 Å². The van der Waals surface area contributed by atoms with Crippen LogP contribution in [-0.4, -0.2) is 21.4 Å². The first-order chi connectivity index (χ1) is 13.7. The van der Waals surface area contributed by atoms with Gasteiger partial charge in [-0.1, -0.05) is 37.8 Å². The zero-order valence-electron chi connectivity index (χ0n) is 16.0. The van der Waals surface area contributed by atoms with E-state index in [2.05, 4.69) is 0 Å². The van der Waals surface area contributed by atoms with E-state index >= 15 is 0 Å². The third kappa shape index (κ3) is 4.41. The fraction of sp³-hybridized carbons (Fsp3) is 0.524. The summed E-state index contributed by atoms with van der Waals surface area (Å²) in [4.78, 5) is 16.8.